The largest absolute Gasteiger partial charge is 0.478 e. The molecule has 1 aromatic heterocycles. The topological polar surface area (TPSA) is 54.4 Å². The first-order chi connectivity index (χ1) is 9.32. The van der Waals surface area contributed by atoms with Gasteiger partial charge in [0.25, 0.3) is 0 Å². The van der Waals surface area contributed by atoms with Gasteiger partial charge in [0.1, 0.15) is 0 Å². The molecule has 0 amide bonds. The minimum absolute atomic E-state index is 0.0946. The van der Waals surface area contributed by atoms with Crippen LogP contribution in [0.5, 0.6) is 0 Å². The minimum atomic E-state index is -1.07. The Bertz CT molecular complexity index is 697. The summed E-state index contributed by atoms with van der Waals surface area (Å²) in [4.78, 5) is 24.6. The molecule has 1 heterocycles. The van der Waals surface area contributed by atoms with E-state index in [0.29, 0.717) is 16.0 Å². The smallest absolute Gasteiger partial charge is 0.336 e. The Balaban J connectivity index is 2.65. The molecular weight excluding hydrogens is 340 g/mol. The molecule has 0 bridgehead atoms. The minimum Gasteiger partial charge on any atom is -0.478 e. The van der Waals surface area contributed by atoms with Crippen LogP contribution in [-0.4, -0.2) is 16.9 Å². The molecule has 1 N–H and O–H groups in total. The van der Waals surface area contributed by atoms with Crippen LogP contribution in [0.3, 0.4) is 0 Å². The number of hydrogen-bond donors (Lipinski definition) is 1. The van der Waals surface area contributed by atoms with Crippen molar-refractivity contribution in [3.8, 4) is 0 Å². The van der Waals surface area contributed by atoms with Crippen LogP contribution in [0.1, 0.15) is 42.3 Å². The summed E-state index contributed by atoms with van der Waals surface area (Å²) in [5.41, 5.74) is 2.63. The van der Waals surface area contributed by atoms with Crippen molar-refractivity contribution in [2.24, 2.45) is 0 Å². The molecule has 1 aromatic carbocycles. The van der Waals surface area contributed by atoms with E-state index in [1.807, 2.05) is 6.92 Å². The quantitative estimate of drug-likeness (QED) is 0.834. The summed E-state index contributed by atoms with van der Waals surface area (Å²) in [5, 5.41) is 9.37. The Morgan fingerprint density at radius 3 is 2.05 bits per heavy atom. The van der Waals surface area contributed by atoms with E-state index in [9.17, 15) is 14.7 Å². The number of carbonyl (C=O) groups excluding carboxylic acids is 1. The molecule has 0 aliphatic carbocycles. The molecular formula is C15H13BrO3S. The summed E-state index contributed by atoms with van der Waals surface area (Å²) in [7, 11) is 0. The van der Waals surface area contributed by atoms with E-state index in [2.05, 4.69) is 15.9 Å². The third-order valence-electron chi connectivity index (χ3n) is 3.14. The van der Waals surface area contributed by atoms with Crippen LogP contribution < -0.4 is 0 Å². The van der Waals surface area contributed by atoms with Crippen molar-refractivity contribution in [3.05, 3.63) is 54.7 Å². The maximum Gasteiger partial charge on any atom is 0.336 e. The van der Waals surface area contributed by atoms with Gasteiger partial charge < -0.3 is 5.11 Å². The SMILES string of the molecule is Cc1cc(C(=O)c2c(C)ccc(C)c2C(=O)O)sc1Br. The Kier molecular flexibility index (Phi) is 4.11. The fraction of sp³-hybridized carbons (Fsp3) is 0.200. The van der Waals surface area contributed by atoms with Gasteiger partial charge in [-0.2, -0.15) is 0 Å². The second-order valence-electron chi connectivity index (χ2n) is 4.65. The van der Waals surface area contributed by atoms with Gasteiger partial charge in [-0.15, -0.1) is 11.3 Å². The highest BCUT2D eigenvalue weighted by atomic mass is 79.9. The number of carbonyl (C=O) groups is 2. The lowest BCUT2D eigenvalue weighted by Gasteiger charge is -2.10. The molecule has 104 valence electrons. The number of benzene rings is 1. The molecule has 0 radical (unpaired) electrons. The predicted molar refractivity (Wildman–Crippen MR) is 83.1 cm³/mol. The summed E-state index contributed by atoms with van der Waals surface area (Å²) in [5.74, 6) is -1.30. The lowest BCUT2D eigenvalue weighted by atomic mass is 9.93. The molecule has 0 atom stereocenters. The first kappa shape index (κ1) is 14.9. The molecule has 5 heteroatoms. The van der Waals surface area contributed by atoms with Crippen molar-refractivity contribution in [2.45, 2.75) is 20.8 Å². The average Bonchev–Trinajstić information content (AvgIpc) is 2.71. The Morgan fingerprint density at radius 2 is 1.60 bits per heavy atom. The third-order valence-corrected chi connectivity index (χ3v) is 5.28. The zero-order chi connectivity index (χ0) is 15.0. The second kappa shape index (κ2) is 5.50. The second-order valence-corrected chi connectivity index (χ2v) is 7.02. The van der Waals surface area contributed by atoms with E-state index < -0.39 is 5.97 Å². The summed E-state index contributed by atoms with van der Waals surface area (Å²) in [6.45, 7) is 5.36. The van der Waals surface area contributed by atoms with Crippen LogP contribution in [0, 0.1) is 20.8 Å². The van der Waals surface area contributed by atoms with Gasteiger partial charge in [0, 0.05) is 5.56 Å². The van der Waals surface area contributed by atoms with E-state index in [-0.39, 0.29) is 16.9 Å². The lowest BCUT2D eigenvalue weighted by molar-refractivity contribution is 0.0692. The van der Waals surface area contributed by atoms with Gasteiger partial charge in [0.15, 0.2) is 0 Å². The normalized spacial score (nSPS) is 10.6. The maximum atomic E-state index is 12.6. The predicted octanol–water partition coefficient (Wildman–Crippen LogP) is 4.37. The summed E-state index contributed by atoms with van der Waals surface area (Å²) in [6, 6.07) is 5.29. The fourth-order valence-electron chi connectivity index (χ4n) is 2.07. The van der Waals surface area contributed by atoms with Crippen molar-refractivity contribution in [1.29, 1.82) is 0 Å². The first-order valence-corrected chi connectivity index (χ1v) is 7.58. The number of carboxylic acids is 1. The maximum absolute atomic E-state index is 12.6. The number of aryl methyl sites for hydroxylation is 3. The Hall–Kier alpha value is -1.46. The molecule has 2 aromatic rings. The van der Waals surface area contributed by atoms with Crippen LogP contribution in [0.25, 0.3) is 0 Å². The molecule has 0 aliphatic heterocycles. The van der Waals surface area contributed by atoms with Gasteiger partial charge in [0.05, 0.1) is 14.2 Å². The zero-order valence-electron chi connectivity index (χ0n) is 11.3. The van der Waals surface area contributed by atoms with E-state index in [0.717, 1.165) is 9.35 Å². The van der Waals surface area contributed by atoms with Gasteiger partial charge in [-0.3, -0.25) is 4.79 Å². The highest BCUT2D eigenvalue weighted by molar-refractivity contribution is 9.11. The van der Waals surface area contributed by atoms with Crippen molar-refractivity contribution >= 4 is 39.0 Å². The Morgan fingerprint density at radius 1 is 1.05 bits per heavy atom. The molecule has 0 aliphatic rings. The van der Waals surface area contributed by atoms with E-state index in [1.165, 1.54) is 11.3 Å². The summed E-state index contributed by atoms with van der Waals surface area (Å²) in [6.07, 6.45) is 0. The van der Waals surface area contributed by atoms with E-state index >= 15 is 0 Å². The van der Waals surface area contributed by atoms with Gasteiger partial charge in [-0.05, 0) is 59.5 Å². The molecule has 3 nitrogen and oxygen atoms in total. The number of halogens is 1. The number of hydrogen-bond acceptors (Lipinski definition) is 3. The number of aromatic carboxylic acids is 1. The number of carboxylic acid groups (broad SMARTS) is 1. The van der Waals surface area contributed by atoms with Crippen LogP contribution in [0.2, 0.25) is 0 Å². The van der Waals surface area contributed by atoms with Crippen LogP contribution in [0.4, 0.5) is 0 Å². The number of rotatable bonds is 3. The molecule has 0 spiro atoms. The number of ketones is 1. The van der Waals surface area contributed by atoms with Crippen molar-refractivity contribution in [3.63, 3.8) is 0 Å². The highest BCUT2D eigenvalue weighted by Crippen LogP contribution is 2.31. The van der Waals surface area contributed by atoms with Crippen molar-refractivity contribution in [1.82, 2.24) is 0 Å². The molecule has 0 saturated carbocycles. The molecule has 2 rings (SSSR count). The molecule has 0 fully saturated rings. The summed E-state index contributed by atoms with van der Waals surface area (Å²) < 4.78 is 0.892. The van der Waals surface area contributed by atoms with Crippen molar-refractivity contribution < 1.29 is 14.7 Å². The first-order valence-electron chi connectivity index (χ1n) is 5.97. The van der Waals surface area contributed by atoms with Gasteiger partial charge >= 0.3 is 5.97 Å². The average molecular weight is 353 g/mol. The zero-order valence-corrected chi connectivity index (χ0v) is 13.7. The fourth-order valence-corrected chi connectivity index (χ4v) is 3.56. The van der Waals surface area contributed by atoms with Crippen LogP contribution >= 0.6 is 27.3 Å². The van der Waals surface area contributed by atoms with Crippen LogP contribution in [0.15, 0.2) is 22.0 Å². The van der Waals surface area contributed by atoms with Gasteiger partial charge in [-0.25, -0.2) is 4.79 Å². The highest BCUT2D eigenvalue weighted by Gasteiger charge is 2.23. The van der Waals surface area contributed by atoms with Crippen molar-refractivity contribution in [2.75, 3.05) is 0 Å². The van der Waals surface area contributed by atoms with Gasteiger partial charge in [-0.1, -0.05) is 12.1 Å². The van der Waals surface area contributed by atoms with Gasteiger partial charge in [0.2, 0.25) is 5.78 Å². The van der Waals surface area contributed by atoms with E-state index in [1.54, 1.807) is 32.0 Å². The molecule has 0 saturated heterocycles. The standard InChI is InChI=1S/C15H13BrO3S/c1-7-4-5-8(2)12(15(18)19)11(7)13(17)10-6-9(3)14(16)20-10/h4-6H,1-3H3,(H,18,19). The molecule has 0 unspecified atom stereocenters. The third kappa shape index (κ3) is 2.55. The number of thiophene rings is 1. The van der Waals surface area contributed by atoms with E-state index in [4.69, 9.17) is 0 Å². The molecule has 20 heavy (non-hydrogen) atoms. The van der Waals surface area contributed by atoms with Crippen LogP contribution in [-0.2, 0) is 0 Å². The Labute approximate surface area is 129 Å². The summed E-state index contributed by atoms with van der Waals surface area (Å²) >= 11 is 4.71. The monoisotopic (exact) mass is 352 g/mol. The lowest BCUT2D eigenvalue weighted by Crippen LogP contribution is -2.12.